The molecule has 0 unspecified atom stereocenters. The van der Waals surface area contributed by atoms with Crippen molar-refractivity contribution in [2.45, 2.75) is 25.9 Å². The zero-order valence-corrected chi connectivity index (χ0v) is 9.50. The number of likely N-dealkylation sites (N-methyl/N-ethyl adjacent to an activating group) is 2. The standard InChI is InChI=1S/C11H20N2O/c1-11(2,12-3)9-13(4)7-10-5-6-14-8-10/h5-6,8,12H,7,9H2,1-4H3. The molecule has 1 aromatic rings. The summed E-state index contributed by atoms with van der Waals surface area (Å²) in [5.41, 5.74) is 1.37. The Hall–Kier alpha value is -0.800. The predicted octanol–water partition coefficient (Wildman–Crippen LogP) is 1.71. The summed E-state index contributed by atoms with van der Waals surface area (Å²) in [6.07, 6.45) is 3.51. The fourth-order valence-corrected chi connectivity index (χ4v) is 1.50. The Labute approximate surface area is 86.1 Å². The van der Waals surface area contributed by atoms with Crippen LogP contribution in [0.5, 0.6) is 0 Å². The van der Waals surface area contributed by atoms with Gasteiger partial charge in [0.2, 0.25) is 0 Å². The second kappa shape index (κ2) is 4.62. The Balaban J connectivity index is 2.40. The van der Waals surface area contributed by atoms with Crippen LogP contribution in [0.3, 0.4) is 0 Å². The van der Waals surface area contributed by atoms with E-state index in [0.29, 0.717) is 0 Å². The van der Waals surface area contributed by atoms with E-state index in [2.05, 4.69) is 31.1 Å². The molecule has 0 aliphatic heterocycles. The molecule has 0 spiro atoms. The molecule has 3 nitrogen and oxygen atoms in total. The van der Waals surface area contributed by atoms with Crippen molar-refractivity contribution in [3.05, 3.63) is 24.2 Å². The van der Waals surface area contributed by atoms with Gasteiger partial charge in [-0.3, -0.25) is 0 Å². The van der Waals surface area contributed by atoms with E-state index < -0.39 is 0 Å². The molecular weight excluding hydrogens is 176 g/mol. The van der Waals surface area contributed by atoms with Crippen molar-refractivity contribution in [3.8, 4) is 0 Å². The van der Waals surface area contributed by atoms with Gasteiger partial charge >= 0.3 is 0 Å². The first-order chi connectivity index (χ1) is 6.53. The lowest BCUT2D eigenvalue weighted by Crippen LogP contribution is -2.45. The average Bonchev–Trinajstić information content (AvgIpc) is 2.55. The topological polar surface area (TPSA) is 28.4 Å². The highest BCUT2D eigenvalue weighted by atomic mass is 16.3. The summed E-state index contributed by atoms with van der Waals surface area (Å²) in [6, 6.07) is 2.00. The van der Waals surface area contributed by atoms with Gasteiger partial charge in [0.1, 0.15) is 0 Å². The summed E-state index contributed by atoms with van der Waals surface area (Å²) < 4.78 is 5.03. The van der Waals surface area contributed by atoms with Gasteiger partial charge in [0.15, 0.2) is 0 Å². The highest BCUT2D eigenvalue weighted by Gasteiger charge is 2.17. The first-order valence-electron chi connectivity index (χ1n) is 4.92. The predicted molar refractivity (Wildman–Crippen MR) is 58.2 cm³/mol. The normalized spacial score (nSPS) is 12.4. The summed E-state index contributed by atoms with van der Waals surface area (Å²) in [5, 5.41) is 3.29. The lowest BCUT2D eigenvalue weighted by molar-refractivity contribution is 0.238. The van der Waals surface area contributed by atoms with Crippen LogP contribution in [0.2, 0.25) is 0 Å². The number of rotatable bonds is 5. The van der Waals surface area contributed by atoms with Crippen LogP contribution in [0.15, 0.2) is 23.0 Å². The second-order valence-corrected chi connectivity index (χ2v) is 4.44. The van der Waals surface area contributed by atoms with Crippen molar-refractivity contribution in [1.82, 2.24) is 10.2 Å². The van der Waals surface area contributed by atoms with E-state index in [1.54, 1.807) is 12.5 Å². The summed E-state index contributed by atoms with van der Waals surface area (Å²) in [7, 11) is 4.11. The molecule has 1 heterocycles. The Morgan fingerprint density at radius 3 is 2.71 bits per heavy atom. The largest absolute Gasteiger partial charge is 0.472 e. The molecule has 1 rings (SSSR count). The Morgan fingerprint density at radius 1 is 1.50 bits per heavy atom. The Morgan fingerprint density at radius 2 is 2.21 bits per heavy atom. The van der Waals surface area contributed by atoms with Crippen molar-refractivity contribution in [2.24, 2.45) is 0 Å². The van der Waals surface area contributed by atoms with Gasteiger partial charge in [0.25, 0.3) is 0 Å². The first-order valence-corrected chi connectivity index (χ1v) is 4.92. The molecule has 0 saturated heterocycles. The molecular formula is C11H20N2O. The van der Waals surface area contributed by atoms with Crippen molar-refractivity contribution in [3.63, 3.8) is 0 Å². The van der Waals surface area contributed by atoms with Crippen LogP contribution in [-0.4, -0.2) is 31.1 Å². The summed E-state index contributed by atoms with van der Waals surface area (Å²) in [5.74, 6) is 0. The third-order valence-corrected chi connectivity index (χ3v) is 2.37. The highest BCUT2D eigenvalue weighted by molar-refractivity contribution is 5.04. The SMILES string of the molecule is CNC(C)(C)CN(C)Cc1ccoc1. The van der Waals surface area contributed by atoms with E-state index in [1.165, 1.54) is 5.56 Å². The van der Waals surface area contributed by atoms with Gasteiger partial charge in [-0.25, -0.2) is 0 Å². The van der Waals surface area contributed by atoms with Gasteiger partial charge in [-0.05, 0) is 34.0 Å². The minimum Gasteiger partial charge on any atom is -0.472 e. The van der Waals surface area contributed by atoms with Gasteiger partial charge in [-0.1, -0.05) is 0 Å². The number of nitrogens with one attached hydrogen (secondary N) is 1. The molecule has 1 N–H and O–H groups in total. The quantitative estimate of drug-likeness (QED) is 0.777. The molecule has 0 saturated carbocycles. The molecule has 0 aliphatic carbocycles. The van der Waals surface area contributed by atoms with E-state index in [9.17, 15) is 0 Å². The fraction of sp³-hybridized carbons (Fsp3) is 0.636. The number of furan rings is 1. The zero-order valence-electron chi connectivity index (χ0n) is 9.50. The summed E-state index contributed by atoms with van der Waals surface area (Å²) >= 11 is 0. The number of hydrogen-bond acceptors (Lipinski definition) is 3. The lowest BCUT2D eigenvalue weighted by Gasteiger charge is -2.29. The van der Waals surface area contributed by atoms with Crippen molar-refractivity contribution in [1.29, 1.82) is 0 Å². The van der Waals surface area contributed by atoms with Gasteiger partial charge in [-0.2, -0.15) is 0 Å². The minimum atomic E-state index is 0.151. The van der Waals surface area contributed by atoms with E-state index in [1.807, 2.05) is 13.1 Å². The molecule has 0 aromatic carbocycles. The molecule has 80 valence electrons. The smallest absolute Gasteiger partial charge is 0.0947 e. The molecule has 0 bridgehead atoms. The molecule has 3 heteroatoms. The third-order valence-electron chi connectivity index (χ3n) is 2.37. The lowest BCUT2D eigenvalue weighted by atomic mass is 10.1. The molecule has 0 radical (unpaired) electrons. The summed E-state index contributed by atoms with van der Waals surface area (Å²) in [4.78, 5) is 2.28. The summed E-state index contributed by atoms with van der Waals surface area (Å²) in [6.45, 7) is 6.33. The fourth-order valence-electron chi connectivity index (χ4n) is 1.50. The molecule has 0 aliphatic rings. The van der Waals surface area contributed by atoms with Crippen LogP contribution in [-0.2, 0) is 6.54 Å². The van der Waals surface area contributed by atoms with Crippen LogP contribution in [0.1, 0.15) is 19.4 Å². The molecule has 0 fully saturated rings. The minimum absolute atomic E-state index is 0.151. The van der Waals surface area contributed by atoms with E-state index in [4.69, 9.17) is 4.42 Å². The van der Waals surface area contributed by atoms with Crippen molar-refractivity contribution < 1.29 is 4.42 Å². The van der Waals surface area contributed by atoms with Gasteiger partial charge in [-0.15, -0.1) is 0 Å². The van der Waals surface area contributed by atoms with Crippen LogP contribution in [0, 0.1) is 0 Å². The van der Waals surface area contributed by atoms with Crippen LogP contribution < -0.4 is 5.32 Å². The molecule has 0 atom stereocenters. The maximum Gasteiger partial charge on any atom is 0.0947 e. The zero-order chi connectivity index (χ0) is 10.6. The van der Waals surface area contributed by atoms with Gasteiger partial charge in [0, 0.05) is 24.2 Å². The highest BCUT2D eigenvalue weighted by Crippen LogP contribution is 2.08. The van der Waals surface area contributed by atoms with E-state index in [0.717, 1.165) is 13.1 Å². The average molecular weight is 196 g/mol. The molecule has 0 amide bonds. The monoisotopic (exact) mass is 196 g/mol. The molecule has 1 aromatic heterocycles. The Kier molecular flexibility index (Phi) is 3.72. The first kappa shape index (κ1) is 11.3. The van der Waals surface area contributed by atoms with Gasteiger partial charge < -0.3 is 14.6 Å². The van der Waals surface area contributed by atoms with Gasteiger partial charge in [0.05, 0.1) is 12.5 Å². The van der Waals surface area contributed by atoms with Crippen LogP contribution in [0.4, 0.5) is 0 Å². The van der Waals surface area contributed by atoms with E-state index >= 15 is 0 Å². The Bertz CT molecular complexity index is 254. The van der Waals surface area contributed by atoms with Crippen molar-refractivity contribution in [2.75, 3.05) is 20.6 Å². The van der Waals surface area contributed by atoms with Crippen LogP contribution in [0.25, 0.3) is 0 Å². The van der Waals surface area contributed by atoms with E-state index in [-0.39, 0.29) is 5.54 Å². The maximum absolute atomic E-state index is 5.03. The third kappa shape index (κ3) is 3.52. The number of hydrogen-bond donors (Lipinski definition) is 1. The van der Waals surface area contributed by atoms with Crippen LogP contribution >= 0.6 is 0 Å². The second-order valence-electron chi connectivity index (χ2n) is 4.44. The van der Waals surface area contributed by atoms with Crippen molar-refractivity contribution >= 4 is 0 Å². The maximum atomic E-state index is 5.03. The number of nitrogens with zero attached hydrogens (tertiary/aromatic N) is 1. The molecule has 14 heavy (non-hydrogen) atoms.